The third-order valence-corrected chi connectivity index (χ3v) is 5.45. The van der Waals surface area contributed by atoms with E-state index in [2.05, 4.69) is 5.32 Å². The molecule has 2 aromatic carbocycles. The first-order valence-electron chi connectivity index (χ1n) is 8.10. The summed E-state index contributed by atoms with van der Waals surface area (Å²) in [7, 11) is -3.51. The van der Waals surface area contributed by atoms with E-state index >= 15 is 0 Å². The van der Waals surface area contributed by atoms with E-state index in [1.165, 1.54) is 4.31 Å². The molecule has 0 bridgehead atoms. The first-order chi connectivity index (χ1) is 12.3. The molecule has 0 fully saturated rings. The summed E-state index contributed by atoms with van der Waals surface area (Å²) in [6.45, 7) is 0.365. The summed E-state index contributed by atoms with van der Waals surface area (Å²) in [5.41, 5.74) is 1.49. The van der Waals surface area contributed by atoms with Crippen molar-refractivity contribution in [3.05, 3.63) is 59.1 Å². The molecular formula is C18H19ClN2O4S. The fourth-order valence-electron chi connectivity index (χ4n) is 2.75. The predicted molar refractivity (Wildman–Crippen MR) is 101 cm³/mol. The minimum Gasteiger partial charge on any atom is -0.476 e. The highest BCUT2D eigenvalue weighted by Crippen LogP contribution is 2.34. The molecule has 1 amide bonds. The average Bonchev–Trinajstić information content (AvgIpc) is 2.61. The molecule has 0 unspecified atom stereocenters. The van der Waals surface area contributed by atoms with Crippen LogP contribution in [-0.2, 0) is 21.2 Å². The Morgan fingerprint density at radius 2 is 1.92 bits per heavy atom. The van der Waals surface area contributed by atoms with Gasteiger partial charge in [-0.05, 0) is 36.2 Å². The Kier molecular flexibility index (Phi) is 5.38. The molecule has 2 aromatic rings. The molecule has 8 heteroatoms. The molecule has 26 heavy (non-hydrogen) atoms. The molecule has 6 nitrogen and oxygen atoms in total. The molecule has 0 radical (unpaired) electrons. The van der Waals surface area contributed by atoms with E-state index in [1.54, 1.807) is 36.4 Å². The second-order valence-corrected chi connectivity index (χ2v) is 8.38. The molecule has 1 N–H and O–H groups in total. The van der Waals surface area contributed by atoms with Crippen LogP contribution in [0.15, 0.2) is 48.5 Å². The maximum atomic E-state index is 12.4. The van der Waals surface area contributed by atoms with Crippen molar-refractivity contribution in [3.63, 3.8) is 0 Å². The van der Waals surface area contributed by atoms with Crippen molar-refractivity contribution in [2.45, 2.75) is 12.5 Å². The van der Waals surface area contributed by atoms with Crippen LogP contribution in [0.4, 0.5) is 5.69 Å². The van der Waals surface area contributed by atoms with Gasteiger partial charge in [-0.2, -0.15) is 0 Å². The summed E-state index contributed by atoms with van der Waals surface area (Å²) in [5, 5.41) is 3.46. The standard InChI is InChI=1S/C18H19ClN2O4S/c1-26(23,24)21-12-17(25-16-5-3-2-4-15(16)21)18(22)20-11-10-13-6-8-14(19)9-7-13/h2-9,17H,10-12H2,1H3,(H,20,22)/t17-/m1/s1. The number of halogens is 1. The Hall–Kier alpha value is -2.25. The van der Waals surface area contributed by atoms with Gasteiger partial charge in [0.15, 0.2) is 6.10 Å². The first kappa shape index (κ1) is 18.5. The van der Waals surface area contributed by atoms with Crippen molar-refractivity contribution in [2.24, 2.45) is 0 Å². The lowest BCUT2D eigenvalue weighted by Gasteiger charge is -2.33. The Morgan fingerprint density at radius 3 is 2.62 bits per heavy atom. The Morgan fingerprint density at radius 1 is 1.23 bits per heavy atom. The Balaban J connectivity index is 1.65. The fraction of sp³-hybridized carbons (Fsp3) is 0.278. The lowest BCUT2D eigenvalue weighted by atomic mass is 10.1. The minimum atomic E-state index is -3.51. The number of hydrogen-bond donors (Lipinski definition) is 1. The zero-order valence-corrected chi connectivity index (χ0v) is 15.8. The van der Waals surface area contributed by atoms with E-state index in [0.29, 0.717) is 29.4 Å². The highest BCUT2D eigenvalue weighted by atomic mass is 35.5. The van der Waals surface area contributed by atoms with E-state index in [-0.39, 0.29) is 12.5 Å². The van der Waals surface area contributed by atoms with Crippen LogP contribution in [0.3, 0.4) is 0 Å². The van der Waals surface area contributed by atoms with Crippen LogP contribution < -0.4 is 14.4 Å². The topological polar surface area (TPSA) is 75.7 Å². The highest BCUT2D eigenvalue weighted by Gasteiger charge is 2.34. The molecule has 0 saturated carbocycles. The van der Waals surface area contributed by atoms with Crippen molar-refractivity contribution in [1.29, 1.82) is 0 Å². The quantitative estimate of drug-likeness (QED) is 0.843. The number of nitrogens with zero attached hydrogens (tertiary/aromatic N) is 1. The molecule has 1 aliphatic rings. The van der Waals surface area contributed by atoms with E-state index in [1.807, 2.05) is 12.1 Å². The van der Waals surface area contributed by atoms with Crippen molar-refractivity contribution in [2.75, 3.05) is 23.7 Å². The van der Waals surface area contributed by atoms with Gasteiger partial charge in [-0.3, -0.25) is 9.10 Å². The summed E-state index contributed by atoms with van der Waals surface area (Å²) in [6, 6.07) is 14.2. The number of benzene rings is 2. The van der Waals surface area contributed by atoms with Gasteiger partial charge in [0.25, 0.3) is 5.91 Å². The van der Waals surface area contributed by atoms with Crippen LogP contribution in [0, 0.1) is 0 Å². The lowest BCUT2D eigenvalue weighted by molar-refractivity contribution is -0.127. The number of para-hydroxylation sites is 2. The maximum Gasteiger partial charge on any atom is 0.263 e. The summed E-state index contributed by atoms with van der Waals surface area (Å²) >= 11 is 5.85. The Bertz CT molecular complexity index is 900. The number of carbonyl (C=O) groups is 1. The Labute approximate surface area is 157 Å². The van der Waals surface area contributed by atoms with Crippen LogP contribution >= 0.6 is 11.6 Å². The summed E-state index contributed by atoms with van der Waals surface area (Å²) < 4.78 is 31.0. The monoisotopic (exact) mass is 394 g/mol. The van der Waals surface area contributed by atoms with Crippen LogP contribution in [0.2, 0.25) is 5.02 Å². The molecule has 0 aliphatic carbocycles. The first-order valence-corrected chi connectivity index (χ1v) is 10.3. The second kappa shape index (κ2) is 7.55. The molecule has 3 rings (SSSR count). The van der Waals surface area contributed by atoms with Crippen LogP contribution in [0.5, 0.6) is 5.75 Å². The zero-order valence-electron chi connectivity index (χ0n) is 14.2. The largest absolute Gasteiger partial charge is 0.476 e. The van der Waals surface area contributed by atoms with Gasteiger partial charge in [-0.1, -0.05) is 35.9 Å². The molecule has 1 aliphatic heterocycles. The average molecular weight is 395 g/mol. The van der Waals surface area contributed by atoms with Gasteiger partial charge in [-0.15, -0.1) is 0 Å². The molecule has 1 atom stereocenters. The number of rotatable bonds is 5. The van der Waals surface area contributed by atoms with Crippen molar-refractivity contribution >= 4 is 33.2 Å². The van der Waals surface area contributed by atoms with Crippen molar-refractivity contribution in [3.8, 4) is 5.75 Å². The van der Waals surface area contributed by atoms with Gasteiger partial charge < -0.3 is 10.1 Å². The number of carbonyl (C=O) groups excluding carboxylic acids is 1. The van der Waals surface area contributed by atoms with Crippen molar-refractivity contribution < 1.29 is 17.9 Å². The molecular weight excluding hydrogens is 376 g/mol. The highest BCUT2D eigenvalue weighted by molar-refractivity contribution is 7.92. The van der Waals surface area contributed by atoms with Crippen LogP contribution in [-0.4, -0.2) is 39.8 Å². The molecule has 138 valence electrons. The van der Waals surface area contributed by atoms with Gasteiger partial charge in [0.1, 0.15) is 5.75 Å². The molecule has 1 heterocycles. The molecule has 0 aromatic heterocycles. The number of amides is 1. The smallest absolute Gasteiger partial charge is 0.263 e. The van der Waals surface area contributed by atoms with E-state index < -0.39 is 16.1 Å². The van der Waals surface area contributed by atoms with E-state index in [4.69, 9.17) is 16.3 Å². The molecule has 0 spiro atoms. The summed E-state index contributed by atoms with van der Waals surface area (Å²) in [6.07, 6.45) is 0.858. The SMILES string of the molecule is CS(=O)(=O)N1C[C@H](C(=O)NCCc2ccc(Cl)cc2)Oc2ccccc21. The second-order valence-electron chi connectivity index (χ2n) is 6.04. The number of sulfonamides is 1. The minimum absolute atomic E-state index is 0.0530. The van der Waals surface area contributed by atoms with Crippen LogP contribution in [0.25, 0.3) is 0 Å². The number of anilines is 1. The number of nitrogens with one attached hydrogen (secondary N) is 1. The van der Waals surface area contributed by atoms with Gasteiger partial charge in [0.05, 0.1) is 18.5 Å². The third-order valence-electron chi connectivity index (χ3n) is 4.05. The number of fused-ring (bicyclic) bond motifs is 1. The lowest BCUT2D eigenvalue weighted by Crippen LogP contribution is -2.50. The summed E-state index contributed by atoms with van der Waals surface area (Å²) in [5.74, 6) is 0.0316. The third kappa shape index (κ3) is 4.28. The van der Waals surface area contributed by atoms with Gasteiger partial charge >= 0.3 is 0 Å². The number of hydrogen-bond acceptors (Lipinski definition) is 4. The normalized spacial score (nSPS) is 16.5. The predicted octanol–water partition coefficient (Wildman–Crippen LogP) is 2.23. The summed E-state index contributed by atoms with van der Waals surface area (Å²) in [4.78, 5) is 12.4. The fourth-order valence-corrected chi connectivity index (χ4v) is 3.79. The van der Waals surface area contributed by atoms with Crippen molar-refractivity contribution in [1.82, 2.24) is 5.32 Å². The van der Waals surface area contributed by atoms with E-state index in [0.717, 1.165) is 11.8 Å². The maximum absolute atomic E-state index is 12.4. The van der Waals surface area contributed by atoms with Gasteiger partial charge in [0, 0.05) is 11.6 Å². The zero-order chi connectivity index (χ0) is 18.7. The van der Waals surface area contributed by atoms with Crippen LogP contribution in [0.1, 0.15) is 5.56 Å². The number of ether oxygens (including phenoxy) is 1. The van der Waals surface area contributed by atoms with Gasteiger partial charge in [0.2, 0.25) is 10.0 Å². The van der Waals surface area contributed by atoms with E-state index in [9.17, 15) is 13.2 Å². The molecule has 0 saturated heterocycles. The van der Waals surface area contributed by atoms with Gasteiger partial charge in [-0.25, -0.2) is 8.42 Å².